The lowest BCUT2D eigenvalue weighted by molar-refractivity contribution is -0.193. The summed E-state index contributed by atoms with van der Waals surface area (Å²) in [4.78, 5) is 48.0. The summed E-state index contributed by atoms with van der Waals surface area (Å²) in [6.07, 6.45) is -10.0. The highest BCUT2D eigenvalue weighted by Gasteiger charge is 2.48. The number of nitriles is 1. The maximum absolute atomic E-state index is 13.4. The molecule has 17 nitrogen and oxygen atoms in total. The number of nitrogens with zero attached hydrogens (tertiary/aromatic N) is 8. The number of aromatic nitrogens is 7. The van der Waals surface area contributed by atoms with Gasteiger partial charge in [-0.05, 0) is 31.7 Å². The Balaban J connectivity index is 0.000000429. The molecule has 30 heteroatoms. The minimum Gasteiger partial charge on any atom is -0.475 e. The van der Waals surface area contributed by atoms with Crippen molar-refractivity contribution in [3.05, 3.63) is 48.6 Å². The van der Waals surface area contributed by atoms with E-state index in [1.165, 1.54) is 12.4 Å². The Bertz CT molecular complexity index is 2170. The lowest BCUT2D eigenvalue weighted by Gasteiger charge is -2.53. The summed E-state index contributed by atoms with van der Waals surface area (Å²) in [6, 6.07) is 5.88. The molecule has 0 aromatic carbocycles. The third kappa shape index (κ3) is 14.9. The summed E-state index contributed by atoms with van der Waals surface area (Å²) < 4.78 is 156. The van der Waals surface area contributed by atoms with Gasteiger partial charge in [0.05, 0.1) is 30.1 Å². The molecule has 1 saturated heterocycles. The number of carbonyl (C=O) groups is 3. The van der Waals surface area contributed by atoms with Crippen LogP contribution in [0.4, 0.5) is 57.1 Å². The number of hydrogen-bond donors (Lipinski definition) is 5. The first-order chi connectivity index (χ1) is 29.6. The second-order valence-electron chi connectivity index (χ2n) is 13.4. The van der Waals surface area contributed by atoms with E-state index >= 15 is 0 Å². The van der Waals surface area contributed by atoms with Crippen LogP contribution in [0.2, 0.25) is 0 Å². The molecule has 4 aromatic heterocycles. The van der Waals surface area contributed by atoms with Crippen LogP contribution in [0.15, 0.2) is 37.1 Å². The van der Waals surface area contributed by atoms with Crippen LogP contribution in [-0.2, 0) is 32.6 Å². The molecular formula is C34H33F13N10O7. The maximum Gasteiger partial charge on any atom is 0.490 e. The van der Waals surface area contributed by atoms with Gasteiger partial charge in [-0.2, -0.15) is 68.0 Å². The fourth-order valence-corrected chi connectivity index (χ4v) is 5.99. The minimum atomic E-state index is -5.08. The molecule has 5 N–H and O–H groups in total. The van der Waals surface area contributed by atoms with Crippen LogP contribution in [0, 0.1) is 11.3 Å². The average Bonchev–Trinajstić information content (AvgIpc) is 3.87. The van der Waals surface area contributed by atoms with Crippen molar-refractivity contribution >= 4 is 28.9 Å². The predicted molar refractivity (Wildman–Crippen MR) is 187 cm³/mol. The molecule has 0 atom stereocenters. The molecule has 0 spiro atoms. The number of hydrogen-bond acceptors (Lipinski definition) is 12. The zero-order valence-corrected chi connectivity index (χ0v) is 32.2. The van der Waals surface area contributed by atoms with E-state index in [2.05, 4.69) is 46.3 Å². The van der Waals surface area contributed by atoms with Crippen LogP contribution in [-0.4, -0.2) is 130 Å². The molecule has 2 fully saturated rings. The highest BCUT2D eigenvalue weighted by atomic mass is 19.4. The smallest absolute Gasteiger partial charge is 0.475 e. The van der Waals surface area contributed by atoms with Crippen molar-refractivity contribution in [1.29, 1.82) is 5.26 Å². The zero-order chi connectivity index (χ0) is 48.3. The minimum absolute atomic E-state index is 0.0122. The van der Waals surface area contributed by atoms with Crippen molar-refractivity contribution in [2.24, 2.45) is 0 Å². The quantitative estimate of drug-likeness (QED) is 0.0918. The SMILES string of the molecule is N#CCC1(n2cc(-c3ncnc4[nH]ccc34)cn2)CN(C2CCC(Oc3cc(CNCCF)nc(C(F)(F)F)n3)CC2)C1.O=C(O)C(F)(F)F.O=C(O)C(F)(F)F.O=C(O)C(F)(F)F. The molecule has 1 aliphatic carbocycles. The molecule has 1 saturated carbocycles. The number of aromatic amines is 1. The van der Waals surface area contributed by atoms with Gasteiger partial charge in [0.25, 0.3) is 0 Å². The van der Waals surface area contributed by atoms with E-state index in [-0.39, 0.29) is 36.8 Å². The summed E-state index contributed by atoms with van der Waals surface area (Å²) in [5.74, 6) is -9.67. The van der Waals surface area contributed by atoms with Crippen molar-refractivity contribution in [3.63, 3.8) is 0 Å². The maximum atomic E-state index is 13.4. The highest BCUT2D eigenvalue weighted by Crippen LogP contribution is 2.39. The molecule has 0 amide bonds. The predicted octanol–water partition coefficient (Wildman–Crippen LogP) is 5.90. The summed E-state index contributed by atoms with van der Waals surface area (Å²) in [5, 5.41) is 39.2. The lowest BCUT2D eigenvalue weighted by Crippen LogP contribution is -2.65. The zero-order valence-electron chi connectivity index (χ0n) is 32.2. The summed E-state index contributed by atoms with van der Waals surface area (Å²) in [7, 11) is 0. The van der Waals surface area contributed by atoms with Gasteiger partial charge in [-0.3, -0.25) is 9.58 Å². The van der Waals surface area contributed by atoms with Crippen molar-refractivity contribution in [1.82, 2.24) is 44.9 Å². The van der Waals surface area contributed by atoms with Gasteiger partial charge >= 0.3 is 42.6 Å². The number of carboxylic acids is 3. The molecule has 5 heterocycles. The molecule has 0 bridgehead atoms. The van der Waals surface area contributed by atoms with E-state index in [4.69, 9.17) is 34.4 Å². The van der Waals surface area contributed by atoms with Crippen molar-refractivity contribution in [2.75, 3.05) is 26.3 Å². The molecule has 352 valence electrons. The Morgan fingerprint density at radius 1 is 0.891 bits per heavy atom. The summed E-state index contributed by atoms with van der Waals surface area (Å²) in [6.45, 7) is 0.681. The average molecular weight is 941 g/mol. The van der Waals surface area contributed by atoms with Crippen LogP contribution >= 0.6 is 0 Å². The fraction of sp³-hybridized carbons (Fsp3) is 0.500. The van der Waals surface area contributed by atoms with Gasteiger partial charge in [0.15, 0.2) is 0 Å². The van der Waals surface area contributed by atoms with Gasteiger partial charge < -0.3 is 30.4 Å². The van der Waals surface area contributed by atoms with E-state index in [0.29, 0.717) is 32.4 Å². The standard InChI is InChI=1S/C28H30F4N10O.3C2HF3O2/c29-7-10-34-13-19-11-23(40-26(39-19)28(30,31)32)43-21-3-1-20(2-4-21)41-15-27(16-41,6-8-33)42-14-18(12-38-42)24-22-5-9-35-25(22)37-17-36-24;3*3-2(4,5)1(6)7/h5,9,11-12,14,17,20-21,34H,1-4,6-7,10,13,15-16H2,(H,35,36,37);3*(H,6,7). The summed E-state index contributed by atoms with van der Waals surface area (Å²) in [5.41, 5.74) is 2.00. The fourth-order valence-electron chi connectivity index (χ4n) is 5.99. The Labute approximate surface area is 349 Å². The van der Waals surface area contributed by atoms with Gasteiger partial charge in [-0.25, -0.2) is 33.7 Å². The van der Waals surface area contributed by atoms with E-state index in [9.17, 15) is 62.3 Å². The topological polar surface area (TPSA) is 245 Å². The number of alkyl halides is 13. The van der Waals surface area contributed by atoms with Gasteiger partial charge in [0.1, 0.15) is 30.3 Å². The normalized spacial score (nSPS) is 17.5. The van der Waals surface area contributed by atoms with Gasteiger partial charge in [0, 0.05) is 61.6 Å². The number of rotatable bonds is 10. The highest BCUT2D eigenvalue weighted by molar-refractivity contribution is 5.90. The monoisotopic (exact) mass is 940 g/mol. The number of nitrogens with one attached hydrogen (secondary N) is 2. The Kier molecular flexibility index (Phi) is 17.3. The first-order valence-electron chi connectivity index (χ1n) is 17.8. The Morgan fingerprint density at radius 2 is 1.45 bits per heavy atom. The van der Waals surface area contributed by atoms with E-state index in [0.717, 1.165) is 35.1 Å². The number of carboxylic acid groups (broad SMARTS) is 3. The van der Waals surface area contributed by atoms with Gasteiger partial charge in [-0.15, -0.1) is 0 Å². The molecule has 0 unspecified atom stereocenters. The van der Waals surface area contributed by atoms with Gasteiger partial charge in [0.2, 0.25) is 11.7 Å². The molecule has 0 radical (unpaired) electrons. The Hall–Kier alpha value is -6.38. The second-order valence-corrected chi connectivity index (χ2v) is 13.4. The second kappa shape index (κ2) is 21.3. The molecule has 1 aliphatic heterocycles. The first kappa shape index (κ1) is 52.0. The summed E-state index contributed by atoms with van der Waals surface area (Å²) >= 11 is 0. The van der Waals surface area contributed by atoms with Crippen LogP contribution in [0.25, 0.3) is 22.3 Å². The van der Waals surface area contributed by atoms with E-state index in [1.54, 1.807) is 6.20 Å². The number of aliphatic carboxylic acids is 3. The number of halogens is 13. The number of H-pyrrole nitrogens is 1. The number of likely N-dealkylation sites (tertiary alicyclic amines) is 1. The van der Waals surface area contributed by atoms with Crippen LogP contribution in [0.1, 0.15) is 43.6 Å². The van der Waals surface area contributed by atoms with Crippen molar-refractivity contribution < 1.29 is 91.5 Å². The number of fused-ring (bicyclic) bond motifs is 1. The van der Waals surface area contributed by atoms with E-state index < -0.39 is 60.7 Å². The Morgan fingerprint density at radius 3 is 1.95 bits per heavy atom. The van der Waals surface area contributed by atoms with Crippen molar-refractivity contribution in [2.45, 2.75) is 81.0 Å². The third-order valence-electron chi connectivity index (χ3n) is 8.86. The largest absolute Gasteiger partial charge is 0.490 e. The first-order valence-corrected chi connectivity index (χ1v) is 17.8. The lowest BCUT2D eigenvalue weighted by atomic mass is 9.82. The molecule has 6 rings (SSSR count). The number of ether oxygens (including phenoxy) is 1. The van der Waals surface area contributed by atoms with Crippen LogP contribution in [0.5, 0.6) is 5.88 Å². The van der Waals surface area contributed by atoms with Gasteiger partial charge in [-0.1, -0.05) is 0 Å². The molecular weight excluding hydrogens is 907 g/mol. The van der Waals surface area contributed by atoms with Crippen LogP contribution < -0.4 is 10.1 Å². The van der Waals surface area contributed by atoms with Crippen molar-refractivity contribution in [3.8, 4) is 23.2 Å². The van der Waals surface area contributed by atoms with Crippen LogP contribution in [0.3, 0.4) is 0 Å². The molecule has 2 aliphatic rings. The third-order valence-corrected chi connectivity index (χ3v) is 8.86. The molecule has 4 aromatic rings. The van der Waals surface area contributed by atoms with E-state index in [1.807, 2.05) is 23.1 Å². The molecule has 64 heavy (non-hydrogen) atoms.